The second kappa shape index (κ2) is 3.41. The number of nitrogens with two attached hydrogens (primary N) is 1. The van der Waals surface area contributed by atoms with Crippen LogP contribution in [-0.4, -0.2) is 31.0 Å². The van der Waals surface area contributed by atoms with Gasteiger partial charge in [0.1, 0.15) is 11.5 Å². The number of nitrogen functional groups attached to an aromatic ring is 1. The van der Waals surface area contributed by atoms with Gasteiger partial charge in [-0.05, 0) is 12.8 Å². The van der Waals surface area contributed by atoms with E-state index >= 15 is 0 Å². The summed E-state index contributed by atoms with van der Waals surface area (Å²) in [4.78, 5) is 0. The molecule has 1 aromatic heterocycles. The Kier molecular flexibility index (Phi) is 2.34. The standard InChI is InChI=1S/C8H14N4O2S/c1-15(13,14)8-6(9)7-10-4-2-3-5-12(7)11-8/h10H,2-5,9H2,1H3. The first kappa shape index (κ1) is 10.3. The van der Waals surface area contributed by atoms with Crippen molar-refractivity contribution in [3.05, 3.63) is 0 Å². The molecule has 2 rings (SSSR count). The van der Waals surface area contributed by atoms with Gasteiger partial charge >= 0.3 is 0 Å². The van der Waals surface area contributed by atoms with Crippen molar-refractivity contribution in [2.75, 3.05) is 23.9 Å². The Hall–Kier alpha value is -1.24. The highest BCUT2D eigenvalue weighted by Crippen LogP contribution is 2.28. The van der Waals surface area contributed by atoms with E-state index in [2.05, 4.69) is 10.4 Å². The first-order chi connectivity index (χ1) is 7.00. The van der Waals surface area contributed by atoms with Crippen LogP contribution < -0.4 is 11.1 Å². The van der Waals surface area contributed by atoms with E-state index in [1.807, 2.05) is 0 Å². The number of aromatic nitrogens is 2. The Morgan fingerprint density at radius 2 is 2.20 bits per heavy atom. The lowest BCUT2D eigenvalue weighted by Crippen LogP contribution is -2.04. The molecule has 1 aromatic rings. The van der Waals surface area contributed by atoms with Crippen LogP contribution >= 0.6 is 0 Å². The number of hydrogen-bond donors (Lipinski definition) is 2. The van der Waals surface area contributed by atoms with Crippen molar-refractivity contribution >= 4 is 21.3 Å². The summed E-state index contributed by atoms with van der Waals surface area (Å²) < 4.78 is 24.4. The van der Waals surface area contributed by atoms with Crippen molar-refractivity contribution in [3.8, 4) is 0 Å². The molecule has 0 atom stereocenters. The first-order valence-electron chi connectivity index (χ1n) is 4.80. The first-order valence-corrected chi connectivity index (χ1v) is 6.69. The molecular weight excluding hydrogens is 216 g/mol. The summed E-state index contributed by atoms with van der Waals surface area (Å²) in [6, 6.07) is 0. The van der Waals surface area contributed by atoms with Gasteiger partial charge in [0.05, 0.1) is 0 Å². The average Bonchev–Trinajstić information content (AvgIpc) is 2.36. The molecule has 0 spiro atoms. The Bertz CT molecular complexity index is 477. The Labute approximate surface area is 88.4 Å². The topological polar surface area (TPSA) is 90.0 Å². The molecule has 0 aromatic carbocycles. The number of aryl methyl sites for hydroxylation is 1. The third-order valence-electron chi connectivity index (χ3n) is 2.40. The molecule has 0 saturated carbocycles. The van der Waals surface area contributed by atoms with E-state index in [0.717, 1.165) is 25.6 Å². The highest BCUT2D eigenvalue weighted by atomic mass is 32.2. The minimum absolute atomic E-state index is 0.0214. The Morgan fingerprint density at radius 1 is 1.47 bits per heavy atom. The summed E-state index contributed by atoms with van der Waals surface area (Å²) in [5.74, 6) is 0.632. The van der Waals surface area contributed by atoms with Gasteiger partial charge in [0.25, 0.3) is 0 Å². The molecule has 7 heteroatoms. The highest BCUT2D eigenvalue weighted by molar-refractivity contribution is 7.90. The van der Waals surface area contributed by atoms with Crippen LogP contribution in [0.1, 0.15) is 12.8 Å². The number of sulfone groups is 1. The maximum atomic E-state index is 11.4. The molecule has 0 fully saturated rings. The van der Waals surface area contributed by atoms with Crippen LogP contribution in [0.2, 0.25) is 0 Å². The minimum Gasteiger partial charge on any atom is -0.393 e. The molecule has 0 bridgehead atoms. The van der Waals surface area contributed by atoms with Gasteiger partial charge in [-0.1, -0.05) is 0 Å². The van der Waals surface area contributed by atoms with E-state index in [0.29, 0.717) is 12.4 Å². The fourth-order valence-corrected chi connectivity index (χ4v) is 2.41. The van der Waals surface area contributed by atoms with Crippen LogP contribution in [0.15, 0.2) is 5.03 Å². The smallest absolute Gasteiger partial charge is 0.201 e. The summed E-state index contributed by atoms with van der Waals surface area (Å²) in [5, 5.41) is 7.10. The summed E-state index contributed by atoms with van der Waals surface area (Å²) in [6.07, 6.45) is 3.13. The molecule has 6 nitrogen and oxygen atoms in total. The predicted octanol–water partition coefficient (Wildman–Crippen LogP) is 0.0745. The van der Waals surface area contributed by atoms with E-state index in [-0.39, 0.29) is 10.7 Å². The second-order valence-corrected chi connectivity index (χ2v) is 5.63. The third kappa shape index (κ3) is 1.79. The fourth-order valence-electron chi connectivity index (χ4n) is 1.67. The van der Waals surface area contributed by atoms with Crippen molar-refractivity contribution in [1.29, 1.82) is 0 Å². The van der Waals surface area contributed by atoms with Crippen molar-refractivity contribution in [3.63, 3.8) is 0 Å². The highest BCUT2D eigenvalue weighted by Gasteiger charge is 2.23. The lowest BCUT2D eigenvalue weighted by molar-refractivity contribution is 0.565. The lowest BCUT2D eigenvalue weighted by atomic mass is 10.3. The Morgan fingerprint density at radius 3 is 2.87 bits per heavy atom. The maximum absolute atomic E-state index is 11.4. The molecule has 3 N–H and O–H groups in total. The summed E-state index contributed by atoms with van der Waals surface area (Å²) >= 11 is 0. The molecule has 0 radical (unpaired) electrons. The van der Waals surface area contributed by atoms with E-state index in [1.54, 1.807) is 4.68 Å². The van der Waals surface area contributed by atoms with Gasteiger partial charge in [-0.3, -0.25) is 0 Å². The number of nitrogens with zero attached hydrogens (tertiary/aromatic N) is 2. The fraction of sp³-hybridized carbons (Fsp3) is 0.625. The monoisotopic (exact) mass is 230 g/mol. The molecule has 84 valence electrons. The zero-order valence-corrected chi connectivity index (χ0v) is 9.34. The van der Waals surface area contributed by atoms with Gasteiger partial charge in [-0.2, -0.15) is 5.10 Å². The number of anilines is 2. The minimum atomic E-state index is -3.34. The molecule has 0 saturated heterocycles. The van der Waals surface area contributed by atoms with E-state index in [1.165, 1.54) is 0 Å². The van der Waals surface area contributed by atoms with E-state index in [4.69, 9.17) is 5.73 Å². The van der Waals surface area contributed by atoms with E-state index in [9.17, 15) is 8.42 Å². The Balaban J connectivity index is 2.54. The van der Waals surface area contributed by atoms with E-state index < -0.39 is 9.84 Å². The summed E-state index contributed by atoms with van der Waals surface area (Å²) in [5.41, 5.74) is 5.99. The summed E-state index contributed by atoms with van der Waals surface area (Å²) in [7, 11) is -3.34. The van der Waals surface area contributed by atoms with Gasteiger partial charge in [0.15, 0.2) is 9.84 Å². The summed E-state index contributed by atoms with van der Waals surface area (Å²) in [6.45, 7) is 1.52. The van der Waals surface area contributed by atoms with Crippen molar-refractivity contribution in [2.45, 2.75) is 24.4 Å². The van der Waals surface area contributed by atoms with Crippen LogP contribution in [0.5, 0.6) is 0 Å². The molecular formula is C8H14N4O2S. The van der Waals surface area contributed by atoms with Crippen molar-refractivity contribution in [2.24, 2.45) is 0 Å². The van der Waals surface area contributed by atoms with Crippen LogP contribution in [-0.2, 0) is 16.4 Å². The predicted molar refractivity (Wildman–Crippen MR) is 57.5 cm³/mol. The van der Waals surface area contributed by atoms with Crippen molar-refractivity contribution < 1.29 is 8.42 Å². The second-order valence-electron chi connectivity index (χ2n) is 3.70. The average molecular weight is 230 g/mol. The number of fused-ring (bicyclic) bond motifs is 1. The van der Waals surface area contributed by atoms with Crippen molar-refractivity contribution in [1.82, 2.24) is 9.78 Å². The molecule has 15 heavy (non-hydrogen) atoms. The van der Waals surface area contributed by atoms with Gasteiger partial charge < -0.3 is 11.1 Å². The largest absolute Gasteiger partial charge is 0.393 e. The molecule has 1 aliphatic heterocycles. The molecule has 0 amide bonds. The van der Waals surface area contributed by atoms with Crippen LogP contribution in [0, 0.1) is 0 Å². The zero-order valence-electron chi connectivity index (χ0n) is 8.52. The maximum Gasteiger partial charge on any atom is 0.201 e. The normalized spacial score (nSPS) is 16.6. The van der Waals surface area contributed by atoms with Gasteiger partial charge in [0, 0.05) is 19.3 Å². The number of rotatable bonds is 1. The quantitative estimate of drug-likeness (QED) is 0.712. The number of hydrogen-bond acceptors (Lipinski definition) is 5. The van der Waals surface area contributed by atoms with Crippen LogP contribution in [0.3, 0.4) is 0 Å². The van der Waals surface area contributed by atoms with Crippen LogP contribution in [0.4, 0.5) is 11.5 Å². The zero-order chi connectivity index (χ0) is 11.1. The van der Waals surface area contributed by atoms with Crippen LogP contribution in [0.25, 0.3) is 0 Å². The van der Waals surface area contributed by atoms with Gasteiger partial charge in [0.2, 0.25) is 5.03 Å². The molecule has 2 heterocycles. The van der Waals surface area contributed by atoms with Gasteiger partial charge in [-0.15, -0.1) is 0 Å². The lowest BCUT2D eigenvalue weighted by Gasteiger charge is -2.03. The number of nitrogens with one attached hydrogen (secondary N) is 1. The third-order valence-corrected chi connectivity index (χ3v) is 3.40. The SMILES string of the molecule is CS(=O)(=O)c1nn2c(c1N)NCCCC2. The van der Waals surface area contributed by atoms with Gasteiger partial charge in [-0.25, -0.2) is 13.1 Å². The molecule has 1 aliphatic rings. The molecule has 0 aliphatic carbocycles. The molecule has 0 unspecified atom stereocenters.